The summed E-state index contributed by atoms with van der Waals surface area (Å²) in [5.41, 5.74) is 10.5. The van der Waals surface area contributed by atoms with E-state index in [-0.39, 0.29) is 29.0 Å². The number of hydrogen-bond acceptors (Lipinski definition) is 5. The summed E-state index contributed by atoms with van der Waals surface area (Å²) in [6.07, 6.45) is 3.18. The Kier molecular flexibility index (Phi) is 8.11. The molecule has 0 atom stereocenters. The van der Waals surface area contributed by atoms with Gasteiger partial charge in [-0.25, -0.2) is 0 Å². The van der Waals surface area contributed by atoms with Gasteiger partial charge in [0.2, 0.25) is 0 Å². The van der Waals surface area contributed by atoms with Crippen LogP contribution in [0.15, 0.2) is 74.0 Å². The van der Waals surface area contributed by atoms with Crippen LogP contribution in [-0.4, -0.2) is 35.5 Å². The van der Waals surface area contributed by atoms with E-state index in [1.165, 1.54) is 5.56 Å². The van der Waals surface area contributed by atoms with Gasteiger partial charge in [0, 0.05) is 47.8 Å². The molecule has 0 bridgehead atoms. The van der Waals surface area contributed by atoms with Gasteiger partial charge in [-0.1, -0.05) is 58.0 Å². The molecule has 0 saturated heterocycles. The number of carbonyl (C=O) groups is 3. The van der Waals surface area contributed by atoms with E-state index in [0.717, 1.165) is 47.4 Å². The van der Waals surface area contributed by atoms with E-state index in [4.69, 9.17) is 10.5 Å². The van der Waals surface area contributed by atoms with E-state index in [1.54, 1.807) is 0 Å². The van der Waals surface area contributed by atoms with Gasteiger partial charge in [-0.15, -0.1) is 0 Å². The molecule has 1 aliphatic heterocycles. The minimum atomic E-state index is -0.578. The smallest absolute Gasteiger partial charge is 0.255 e. The number of allylic oxidation sites excluding steroid dienone is 4. The molecule has 2 aliphatic carbocycles. The Morgan fingerprint density at radius 1 is 0.902 bits per heavy atom. The first-order valence-corrected chi connectivity index (χ1v) is 15.6. The van der Waals surface area contributed by atoms with Crippen molar-refractivity contribution in [2.75, 3.05) is 13.2 Å². The first-order chi connectivity index (χ1) is 19.3. The fourth-order valence-electron chi connectivity index (χ4n) is 6.56. The van der Waals surface area contributed by atoms with Gasteiger partial charge in [-0.2, -0.15) is 0 Å². The van der Waals surface area contributed by atoms with E-state index in [9.17, 15) is 14.4 Å². The molecule has 0 saturated carbocycles. The Bertz CT molecular complexity index is 1410. The monoisotopic (exact) mass is 682 g/mol. The molecule has 5 rings (SSSR count). The number of amides is 1. The topological polar surface area (TPSA) is 89.7 Å². The number of carbonyl (C=O) groups excluding carboxylic acids is 3. The van der Waals surface area contributed by atoms with E-state index in [0.29, 0.717) is 34.1 Å². The van der Waals surface area contributed by atoms with Crippen LogP contribution in [0, 0.1) is 10.8 Å². The highest BCUT2D eigenvalue weighted by Gasteiger charge is 2.49. The molecule has 0 unspecified atom stereocenters. The highest BCUT2D eigenvalue weighted by Crippen LogP contribution is 2.55. The molecule has 2 aromatic rings. The van der Waals surface area contributed by atoms with Crippen molar-refractivity contribution < 1.29 is 19.1 Å². The Labute approximate surface area is 258 Å². The second kappa shape index (κ2) is 11.2. The summed E-state index contributed by atoms with van der Waals surface area (Å²) in [6.45, 7) is 9.04. The molecule has 6 nitrogen and oxygen atoms in total. The minimum absolute atomic E-state index is 0.0939. The maximum absolute atomic E-state index is 14.1. The summed E-state index contributed by atoms with van der Waals surface area (Å²) in [4.78, 5) is 41.8. The summed E-state index contributed by atoms with van der Waals surface area (Å²) in [6, 6.07) is 14.2. The zero-order valence-corrected chi connectivity index (χ0v) is 27.2. The van der Waals surface area contributed by atoms with Crippen molar-refractivity contribution in [2.45, 2.75) is 65.7 Å². The van der Waals surface area contributed by atoms with Crippen molar-refractivity contribution in [2.24, 2.45) is 16.6 Å². The lowest BCUT2D eigenvalue weighted by Gasteiger charge is -2.49. The highest BCUT2D eigenvalue weighted by molar-refractivity contribution is 9.11. The van der Waals surface area contributed by atoms with E-state index >= 15 is 0 Å². The third-order valence-electron chi connectivity index (χ3n) is 8.20. The average molecular weight is 684 g/mol. The SMILES string of the molecule is CC1(C)CC(=O)C2=C(C1)N(CCc1ccccc1)C1=C(C(=O)CC(C)(C)C1)C2c1cc(Br)c(OCC(N)=O)c(Br)c1. The number of Topliss-reactive ketones (excluding diaryl/α,β-unsaturated/α-hetero) is 2. The average Bonchev–Trinajstić information content (AvgIpc) is 2.85. The Balaban J connectivity index is 1.69. The van der Waals surface area contributed by atoms with Crippen LogP contribution in [0.4, 0.5) is 0 Å². The summed E-state index contributed by atoms with van der Waals surface area (Å²) in [5, 5.41) is 0. The number of primary amides is 1. The van der Waals surface area contributed by atoms with Gasteiger partial charge in [0.1, 0.15) is 5.75 Å². The van der Waals surface area contributed by atoms with Crippen LogP contribution < -0.4 is 10.5 Å². The zero-order chi connectivity index (χ0) is 29.7. The number of halogens is 2. The molecule has 0 fully saturated rings. The number of nitrogens with two attached hydrogens (primary N) is 1. The second-order valence-corrected chi connectivity index (χ2v) is 14.7. The highest BCUT2D eigenvalue weighted by atomic mass is 79.9. The van der Waals surface area contributed by atoms with Crippen molar-refractivity contribution >= 4 is 49.3 Å². The molecule has 8 heteroatoms. The van der Waals surface area contributed by atoms with Gasteiger partial charge in [0.25, 0.3) is 5.91 Å². The fourth-order valence-corrected chi connectivity index (χ4v) is 8.01. The first kappa shape index (κ1) is 29.8. The molecular weight excluding hydrogens is 648 g/mol. The van der Waals surface area contributed by atoms with Crippen LogP contribution in [-0.2, 0) is 20.8 Å². The summed E-state index contributed by atoms with van der Waals surface area (Å²) in [7, 11) is 0. The number of nitrogens with zero attached hydrogens (tertiary/aromatic N) is 1. The third kappa shape index (κ3) is 6.09. The van der Waals surface area contributed by atoms with Crippen molar-refractivity contribution in [3.63, 3.8) is 0 Å². The van der Waals surface area contributed by atoms with Gasteiger partial charge in [-0.05, 0) is 85.2 Å². The van der Waals surface area contributed by atoms with Crippen molar-refractivity contribution in [1.29, 1.82) is 0 Å². The van der Waals surface area contributed by atoms with Crippen molar-refractivity contribution in [3.05, 3.63) is 85.1 Å². The van der Waals surface area contributed by atoms with Crippen LogP contribution >= 0.6 is 31.9 Å². The van der Waals surface area contributed by atoms with Gasteiger partial charge >= 0.3 is 0 Å². The Hall–Kier alpha value is -2.71. The molecule has 1 amide bonds. The molecule has 216 valence electrons. The van der Waals surface area contributed by atoms with Gasteiger partial charge < -0.3 is 15.4 Å². The van der Waals surface area contributed by atoms with Crippen LogP contribution in [0.2, 0.25) is 0 Å². The molecule has 0 aromatic heterocycles. The fraction of sp³-hybridized carbons (Fsp3) is 0.424. The normalized spacial score (nSPS) is 20.2. The zero-order valence-electron chi connectivity index (χ0n) is 24.0. The number of rotatable bonds is 7. The second-order valence-electron chi connectivity index (χ2n) is 13.0. The maximum Gasteiger partial charge on any atom is 0.255 e. The summed E-state index contributed by atoms with van der Waals surface area (Å²) >= 11 is 7.20. The molecule has 0 spiro atoms. The molecule has 3 aliphatic rings. The molecule has 41 heavy (non-hydrogen) atoms. The standard InChI is InChI=1S/C33H36Br2N2O4/c1-32(2)14-23-29(25(38)16-32)28(20-12-21(34)31(22(35)13-20)41-18-27(36)40)30-24(15-33(3,4)17-26(30)39)37(23)11-10-19-8-6-5-7-9-19/h5-9,12-13,28H,10-11,14-18H2,1-4H3,(H2,36,40). The lowest BCUT2D eigenvalue weighted by Crippen LogP contribution is -2.45. The van der Waals surface area contributed by atoms with Crippen LogP contribution in [0.3, 0.4) is 0 Å². The molecule has 2 N–H and O–H groups in total. The van der Waals surface area contributed by atoms with Crippen molar-refractivity contribution in [1.82, 2.24) is 4.90 Å². The molecule has 1 heterocycles. The summed E-state index contributed by atoms with van der Waals surface area (Å²) in [5.74, 6) is -0.416. The third-order valence-corrected chi connectivity index (χ3v) is 9.38. The Morgan fingerprint density at radius 3 is 1.90 bits per heavy atom. The van der Waals surface area contributed by atoms with E-state index in [2.05, 4.69) is 76.6 Å². The van der Waals surface area contributed by atoms with E-state index < -0.39 is 11.8 Å². The van der Waals surface area contributed by atoms with Crippen LogP contribution in [0.25, 0.3) is 0 Å². The number of hydrogen-bond donors (Lipinski definition) is 1. The first-order valence-electron chi connectivity index (χ1n) is 14.0. The molecular formula is C33H36Br2N2O4. The predicted molar refractivity (Wildman–Crippen MR) is 166 cm³/mol. The predicted octanol–water partition coefficient (Wildman–Crippen LogP) is 7.00. The van der Waals surface area contributed by atoms with Crippen LogP contribution in [0.1, 0.15) is 70.4 Å². The summed E-state index contributed by atoms with van der Waals surface area (Å²) < 4.78 is 6.87. The van der Waals surface area contributed by atoms with Gasteiger partial charge in [0.05, 0.1) is 8.95 Å². The number of ketones is 2. The molecule has 2 aromatic carbocycles. The van der Waals surface area contributed by atoms with Gasteiger partial charge in [-0.3, -0.25) is 14.4 Å². The lowest BCUT2D eigenvalue weighted by atomic mass is 9.63. The maximum atomic E-state index is 14.1. The van der Waals surface area contributed by atoms with E-state index in [1.807, 2.05) is 30.3 Å². The van der Waals surface area contributed by atoms with Crippen LogP contribution in [0.5, 0.6) is 5.75 Å². The van der Waals surface area contributed by atoms with Gasteiger partial charge in [0.15, 0.2) is 18.2 Å². The number of benzene rings is 2. The number of ether oxygens (including phenoxy) is 1. The largest absolute Gasteiger partial charge is 0.481 e. The molecule has 0 radical (unpaired) electrons. The lowest BCUT2D eigenvalue weighted by molar-refractivity contribution is -0.121. The quantitative estimate of drug-likeness (QED) is 0.339. The minimum Gasteiger partial charge on any atom is -0.481 e. The Morgan fingerprint density at radius 2 is 1.41 bits per heavy atom. The van der Waals surface area contributed by atoms with Crippen molar-refractivity contribution in [3.8, 4) is 5.75 Å².